The van der Waals surface area contributed by atoms with Gasteiger partial charge in [-0.25, -0.2) is 14.5 Å². The molecule has 5 nitrogen and oxygen atoms in total. The predicted molar refractivity (Wildman–Crippen MR) is 254 cm³/mol. The molecule has 0 aliphatic carbocycles. The Morgan fingerprint density at radius 3 is 1.66 bits per heavy atom. The summed E-state index contributed by atoms with van der Waals surface area (Å²) in [5, 5.41) is 9.99. The second-order valence-corrected chi connectivity index (χ2v) is 15.6. The summed E-state index contributed by atoms with van der Waals surface area (Å²) in [4.78, 5) is 10.4. The molecule has 0 amide bonds. The van der Waals surface area contributed by atoms with Gasteiger partial charge in [0.25, 0.3) is 0 Å². The van der Waals surface area contributed by atoms with Gasteiger partial charge in [-0.1, -0.05) is 194 Å². The van der Waals surface area contributed by atoms with Gasteiger partial charge in [0.1, 0.15) is 16.9 Å². The molecule has 5 heteroatoms. The number of furan rings is 1. The third kappa shape index (κ3) is 6.06. The lowest BCUT2D eigenvalue weighted by atomic mass is 9.96. The van der Waals surface area contributed by atoms with Crippen molar-refractivity contribution in [3.63, 3.8) is 0 Å². The highest BCUT2D eigenvalue weighted by atomic mass is 16.3. The molecule has 0 spiro atoms. The normalized spacial score (nSPS) is 11.5. The molecule has 0 saturated heterocycles. The zero-order chi connectivity index (χ0) is 41.0. The quantitative estimate of drug-likeness (QED) is 0.161. The Balaban J connectivity index is 0.978. The van der Waals surface area contributed by atoms with E-state index in [1.165, 1.54) is 5.39 Å². The lowest BCUT2D eigenvalue weighted by Crippen LogP contribution is -1.96. The van der Waals surface area contributed by atoms with Gasteiger partial charge >= 0.3 is 0 Å². The molecule has 0 fully saturated rings. The van der Waals surface area contributed by atoms with Crippen LogP contribution in [-0.4, -0.2) is 19.6 Å². The molecule has 4 heterocycles. The fourth-order valence-corrected chi connectivity index (χ4v) is 8.88. The molecule has 0 aliphatic heterocycles. The highest BCUT2D eigenvalue weighted by Crippen LogP contribution is 2.42. The highest BCUT2D eigenvalue weighted by Gasteiger charge is 2.22. The topological polar surface area (TPSA) is 56.2 Å². The van der Waals surface area contributed by atoms with Crippen LogP contribution >= 0.6 is 0 Å². The van der Waals surface area contributed by atoms with E-state index in [0.717, 1.165) is 106 Å². The number of nitrogens with zero attached hydrogens (tertiary/aromatic N) is 4. The number of fused-ring (bicyclic) bond motifs is 6. The van der Waals surface area contributed by atoms with Gasteiger partial charge in [-0.05, 0) is 46.3 Å². The Morgan fingerprint density at radius 1 is 0.387 bits per heavy atom. The Labute approximate surface area is 357 Å². The molecule has 8 aromatic carbocycles. The van der Waals surface area contributed by atoms with Crippen molar-refractivity contribution in [2.45, 2.75) is 0 Å². The molecular formula is C57H36N4O. The fourth-order valence-electron chi connectivity index (χ4n) is 8.88. The summed E-state index contributed by atoms with van der Waals surface area (Å²) in [6.45, 7) is 0. The molecule has 12 rings (SSSR count). The van der Waals surface area contributed by atoms with E-state index in [1.54, 1.807) is 0 Å². The van der Waals surface area contributed by atoms with E-state index < -0.39 is 0 Å². The van der Waals surface area contributed by atoms with E-state index >= 15 is 0 Å². The largest absolute Gasteiger partial charge is 0.456 e. The predicted octanol–water partition coefficient (Wildman–Crippen LogP) is 14.8. The van der Waals surface area contributed by atoms with Gasteiger partial charge in [0, 0.05) is 49.5 Å². The second kappa shape index (κ2) is 14.7. The van der Waals surface area contributed by atoms with Crippen LogP contribution in [0, 0.1) is 0 Å². The Kier molecular flexibility index (Phi) is 8.42. The number of aromatic nitrogens is 4. The molecule has 0 N–H and O–H groups in total. The highest BCUT2D eigenvalue weighted by molar-refractivity contribution is 6.12. The van der Waals surface area contributed by atoms with Gasteiger partial charge in [0.15, 0.2) is 5.82 Å². The van der Waals surface area contributed by atoms with Gasteiger partial charge in [-0.15, -0.1) is 0 Å². The maximum absolute atomic E-state index is 6.21. The first-order valence-corrected chi connectivity index (χ1v) is 20.9. The van der Waals surface area contributed by atoms with Crippen LogP contribution in [0.1, 0.15) is 0 Å². The Bertz CT molecular complexity index is 3590. The van der Waals surface area contributed by atoms with E-state index in [9.17, 15) is 0 Å². The number of para-hydroxylation sites is 1. The number of benzene rings is 8. The van der Waals surface area contributed by atoms with Crippen LogP contribution in [-0.2, 0) is 0 Å². The van der Waals surface area contributed by atoms with Crippen LogP contribution in [0.2, 0.25) is 0 Å². The summed E-state index contributed by atoms with van der Waals surface area (Å²) in [6.07, 6.45) is 0. The van der Waals surface area contributed by atoms with Crippen molar-refractivity contribution in [2.24, 2.45) is 0 Å². The summed E-state index contributed by atoms with van der Waals surface area (Å²) < 4.78 is 8.34. The van der Waals surface area contributed by atoms with Crippen LogP contribution in [0.5, 0.6) is 0 Å². The number of hydrogen-bond donors (Lipinski definition) is 0. The number of rotatable bonds is 7. The van der Waals surface area contributed by atoms with Crippen LogP contribution in [0.25, 0.3) is 117 Å². The first-order chi connectivity index (χ1) is 30.7. The van der Waals surface area contributed by atoms with Crippen molar-refractivity contribution in [1.82, 2.24) is 19.6 Å². The molecule has 0 unspecified atom stereocenters. The fraction of sp³-hybridized carbons (Fsp3) is 0. The monoisotopic (exact) mass is 792 g/mol. The molecular weight excluding hydrogens is 757 g/mol. The molecule has 0 atom stereocenters. The molecule has 0 radical (unpaired) electrons. The van der Waals surface area contributed by atoms with Gasteiger partial charge in [0.2, 0.25) is 0 Å². The third-order valence-corrected chi connectivity index (χ3v) is 11.9. The molecule has 12 aromatic rings. The van der Waals surface area contributed by atoms with Crippen molar-refractivity contribution >= 4 is 38.2 Å². The zero-order valence-electron chi connectivity index (χ0n) is 33.5. The summed E-state index contributed by atoms with van der Waals surface area (Å²) in [5.41, 5.74) is 16.1. The minimum absolute atomic E-state index is 0.655. The lowest BCUT2D eigenvalue weighted by Gasteiger charge is -2.11. The Morgan fingerprint density at radius 2 is 0.935 bits per heavy atom. The van der Waals surface area contributed by atoms with Crippen molar-refractivity contribution < 1.29 is 4.42 Å². The summed E-state index contributed by atoms with van der Waals surface area (Å²) in [6, 6.07) is 76.1. The zero-order valence-corrected chi connectivity index (χ0v) is 33.5. The van der Waals surface area contributed by atoms with E-state index in [-0.39, 0.29) is 0 Å². The summed E-state index contributed by atoms with van der Waals surface area (Å²) in [5.74, 6) is 0.655. The van der Waals surface area contributed by atoms with Gasteiger partial charge in [-0.2, -0.15) is 5.10 Å². The van der Waals surface area contributed by atoms with Crippen LogP contribution in [0.15, 0.2) is 223 Å². The SMILES string of the molecule is c1ccc(-c2cc(-c3ccc(-c4cccc5oc6ccccc6c45)cc3)nc(-c3ccc(-c4nn5c(-c6ccccc6)cc6ccccc6c5c4-c4ccccc4)cc3)n2)cc1. The van der Waals surface area contributed by atoms with Crippen molar-refractivity contribution in [3.8, 4) is 78.7 Å². The molecule has 62 heavy (non-hydrogen) atoms. The Hall–Kier alpha value is -8.41. The summed E-state index contributed by atoms with van der Waals surface area (Å²) >= 11 is 0. The van der Waals surface area contributed by atoms with E-state index in [2.05, 4.69) is 187 Å². The van der Waals surface area contributed by atoms with Gasteiger partial charge < -0.3 is 4.42 Å². The number of hydrogen-bond acceptors (Lipinski definition) is 4. The van der Waals surface area contributed by atoms with Crippen LogP contribution in [0.4, 0.5) is 0 Å². The van der Waals surface area contributed by atoms with E-state index in [1.807, 2.05) is 36.4 Å². The third-order valence-electron chi connectivity index (χ3n) is 11.9. The van der Waals surface area contributed by atoms with Gasteiger partial charge in [0.05, 0.1) is 22.6 Å². The first kappa shape index (κ1) is 35.5. The lowest BCUT2D eigenvalue weighted by molar-refractivity contribution is 0.669. The minimum atomic E-state index is 0.655. The van der Waals surface area contributed by atoms with Crippen molar-refractivity contribution in [3.05, 3.63) is 218 Å². The van der Waals surface area contributed by atoms with Gasteiger partial charge in [-0.3, -0.25) is 0 Å². The molecule has 290 valence electrons. The smallest absolute Gasteiger partial charge is 0.160 e. The van der Waals surface area contributed by atoms with Crippen molar-refractivity contribution in [2.75, 3.05) is 0 Å². The molecule has 0 aliphatic rings. The summed E-state index contributed by atoms with van der Waals surface area (Å²) in [7, 11) is 0. The first-order valence-electron chi connectivity index (χ1n) is 20.9. The molecule has 4 aromatic heterocycles. The van der Waals surface area contributed by atoms with Crippen molar-refractivity contribution in [1.29, 1.82) is 0 Å². The molecule has 0 bridgehead atoms. The average molecular weight is 793 g/mol. The van der Waals surface area contributed by atoms with E-state index in [0.29, 0.717) is 5.82 Å². The minimum Gasteiger partial charge on any atom is -0.456 e. The van der Waals surface area contributed by atoms with Crippen LogP contribution in [0.3, 0.4) is 0 Å². The maximum atomic E-state index is 6.21. The molecule has 0 saturated carbocycles. The second-order valence-electron chi connectivity index (χ2n) is 15.6. The standard InChI is InChI=1S/C57H36N4O/c1-4-15-38(16-5-1)48-36-49(39-29-27-37(28-30-39)45-24-14-26-52-54(45)47-23-12-13-25-51(47)62-52)59-57(58-48)43-33-31-42(32-34-43)55-53(41-19-8-3-9-20-41)56-46-22-11-10-21-44(46)35-50(61(56)60-55)40-17-6-2-7-18-40/h1-36H. The maximum Gasteiger partial charge on any atom is 0.160 e. The van der Waals surface area contributed by atoms with E-state index in [4.69, 9.17) is 19.5 Å². The van der Waals surface area contributed by atoms with Crippen LogP contribution < -0.4 is 0 Å². The average Bonchev–Trinajstić information content (AvgIpc) is 3.95. The number of pyridine rings is 1.